The van der Waals surface area contributed by atoms with E-state index in [-0.39, 0.29) is 12.2 Å². The summed E-state index contributed by atoms with van der Waals surface area (Å²) in [5, 5.41) is 0. The molecule has 1 aliphatic heterocycles. The lowest BCUT2D eigenvalue weighted by Crippen LogP contribution is -2.65. The Bertz CT molecular complexity index is 106. The van der Waals surface area contributed by atoms with E-state index in [1.807, 2.05) is 6.92 Å². The van der Waals surface area contributed by atoms with E-state index in [0.29, 0.717) is 6.42 Å². The van der Waals surface area contributed by atoms with Crippen LogP contribution in [0.3, 0.4) is 0 Å². The fourth-order valence-electron chi connectivity index (χ4n) is 1.42. The van der Waals surface area contributed by atoms with Gasteiger partial charge >= 0.3 is 0 Å². The molecule has 0 aromatic carbocycles. The third-order valence-electron chi connectivity index (χ3n) is 1.78. The molecule has 60 valence electrons. The van der Waals surface area contributed by atoms with Gasteiger partial charge in [0.05, 0.1) is 6.67 Å². The third kappa shape index (κ3) is 1.92. The Balaban J connectivity index is 2.03. The molecule has 1 aliphatic rings. The highest BCUT2D eigenvalue weighted by Gasteiger charge is 2.33. The van der Waals surface area contributed by atoms with Gasteiger partial charge in [-0.1, -0.05) is 0 Å². The fourth-order valence-corrected chi connectivity index (χ4v) is 1.42. The monoisotopic (exact) mass is 146 g/mol. The molecule has 0 aromatic heterocycles. The Kier molecular flexibility index (Phi) is 2.26. The molecule has 0 saturated carbocycles. The first-order chi connectivity index (χ1) is 4.64. The van der Waals surface area contributed by atoms with Crippen molar-refractivity contribution in [2.75, 3.05) is 26.3 Å². The summed E-state index contributed by atoms with van der Waals surface area (Å²) in [5.41, 5.74) is 5.74. The summed E-state index contributed by atoms with van der Waals surface area (Å²) in [7, 11) is 0. The van der Waals surface area contributed by atoms with Crippen molar-refractivity contribution in [1.82, 2.24) is 4.90 Å². The van der Waals surface area contributed by atoms with E-state index >= 15 is 0 Å². The van der Waals surface area contributed by atoms with Gasteiger partial charge in [0.2, 0.25) is 0 Å². The average Bonchev–Trinajstić information content (AvgIpc) is 1.78. The zero-order valence-electron chi connectivity index (χ0n) is 6.44. The van der Waals surface area contributed by atoms with Crippen LogP contribution in [0.5, 0.6) is 0 Å². The van der Waals surface area contributed by atoms with Crippen LogP contribution in [0.15, 0.2) is 0 Å². The molecule has 0 aliphatic carbocycles. The number of rotatable bonds is 3. The van der Waals surface area contributed by atoms with E-state index in [0.717, 1.165) is 19.6 Å². The quantitative estimate of drug-likeness (QED) is 0.623. The van der Waals surface area contributed by atoms with Gasteiger partial charge < -0.3 is 5.73 Å². The zero-order valence-corrected chi connectivity index (χ0v) is 6.44. The molecular weight excluding hydrogens is 131 g/mol. The van der Waals surface area contributed by atoms with Gasteiger partial charge in [0.15, 0.2) is 0 Å². The van der Waals surface area contributed by atoms with Crippen LogP contribution in [0, 0.1) is 0 Å². The predicted molar refractivity (Wildman–Crippen MR) is 39.6 cm³/mol. The molecule has 0 amide bonds. The lowest BCUT2D eigenvalue weighted by atomic mass is 9.94. The second-order valence-electron chi connectivity index (χ2n) is 3.41. The summed E-state index contributed by atoms with van der Waals surface area (Å²) in [5.74, 6) is 0. The molecular formula is C7H15FN2. The normalized spacial score (nSPS) is 24.3. The first-order valence-corrected chi connectivity index (χ1v) is 3.71. The zero-order chi connectivity index (χ0) is 7.61. The topological polar surface area (TPSA) is 29.3 Å². The highest BCUT2D eigenvalue weighted by atomic mass is 19.1. The minimum Gasteiger partial charge on any atom is -0.323 e. The lowest BCUT2D eigenvalue weighted by molar-refractivity contribution is 0.0808. The van der Waals surface area contributed by atoms with Crippen molar-refractivity contribution in [2.45, 2.75) is 18.9 Å². The van der Waals surface area contributed by atoms with E-state index in [4.69, 9.17) is 5.73 Å². The molecule has 1 rings (SSSR count). The maximum Gasteiger partial charge on any atom is 0.0906 e. The van der Waals surface area contributed by atoms with Crippen LogP contribution >= 0.6 is 0 Å². The van der Waals surface area contributed by atoms with E-state index in [2.05, 4.69) is 4.90 Å². The molecule has 1 fully saturated rings. The summed E-state index contributed by atoms with van der Waals surface area (Å²) in [6.07, 6.45) is 0.649. The van der Waals surface area contributed by atoms with Gasteiger partial charge in [0.25, 0.3) is 0 Å². The first-order valence-electron chi connectivity index (χ1n) is 3.71. The highest BCUT2D eigenvalue weighted by molar-refractivity contribution is 4.95. The Morgan fingerprint density at radius 2 is 2.20 bits per heavy atom. The number of hydrogen-bond acceptors (Lipinski definition) is 2. The molecule has 1 heterocycles. The van der Waals surface area contributed by atoms with Crippen LogP contribution in [-0.2, 0) is 0 Å². The fraction of sp³-hybridized carbons (Fsp3) is 1.00. The van der Waals surface area contributed by atoms with E-state index in [1.165, 1.54) is 0 Å². The third-order valence-corrected chi connectivity index (χ3v) is 1.78. The van der Waals surface area contributed by atoms with Gasteiger partial charge in [0, 0.05) is 25.2 Å². The average molecular weight is 146 g/mol. The maximum atomic E-state index is 11.6. The summed E-state index contributed by atoms with van der Waals surface area (Å²) >= 11 is 0. The number of alkyl halides is 1. The minimum absolute atomic E-state index is 0.00366. The molecule has 0 spiro atoms. The van der Waals surface area contributed by atoms with Crippen LogP contribution in [0.2, 0.25) is 0 Å². The van der Waals surface area contributed by atoms with Crippen LogP contribution in [0.1, 0.15) is 13.3 Å². The van der Waals surface area contributed by atoms with Gasteiger partial charge in [-0.05, 0) is 13.3 Å². The lowest BCUT2D eigenvalue weighted by Gasteiger charge is -2.45. The predicted octanol–water partition coefficient (Wildman–Crippen LogP) is 0.379. The van der Waals surface area contributed by atoms with Crippen molar-refractivity contribution in [3.63, 3.8) is 0 Å². The number of nitrogens with two attached hydrogens (primary N) is 1. The maximum absolute atomic E-state index is 11.6. The molecule has 3 heteroatoms. The Morgan fingerprint density at radius 3 is 2.60 bits per heavy atom. The molecule has 0 bridgehead atoms. The second kappa shape index (κ2) is 2.84. The molecule has 1 saturated heterocycles. The summed E-state index contributed by atoms with van der Waals surface area (Å²) in [6, 6.07) is 0. The Morgan fingerprint density at radius 1 is 1.60 bits per heavy atom. The largest absolute Gasteiger partial charge is 0.323 e. The van der Waals surface area contributed by atoms with Crippen molar-refractivity contribution >= 4 is 0 Å². The molecule has 0 unspecified atom stereocenters. The smallest absolute Gasteiger partial charge is 0.0906 e. The van der Waals surface area contributed by atoms with Crippen molar-refractivity contribution in [2.24, 2.45) is 5.73 Å². The Labute approximate surface area is 61.2 Å². The van der Waals surface area contributed by atoms with Crippen molar-refractivity contribution in [1.29, 1.82) is 0 Å². The highest BCUT2D eigenvalue weighted by Crippen LogP contribution is 2.16. The van der Waals surface area contributed by atoms with Gasteiger partial charge in [-0.2, -0.15) is 0 Å². The molecule has 10 heavy (non-hydrogen) atoms. The number of hydrogen-bond donors (Lipinski definition) is 1. The minimum atomic E-state index is -0.211. The summed E-state index contributed by atoms with van der Waals surface area (Å²) in [6.45, 7) is 4.53. The number of likely N-dealkylation sites (tertiary alicyclic amines) is 1. The van der Waals surface area contributed by atoms with Crippen molar-refractivity contribution < 1.29 is 4.39 Å². The van der Waals surface area contributed by atoms with Gasteiger partial charge in [-0.3, -0.25) is 9.29 Å². The van der Waals surface area contributed by atoms with E-state index in [9.17, 15) is 4.39 Å². The van der Waals surface area contributed by atoms with E-state index in [1.54, 1.807) is 0 Å². The molecule has 2 N–H and O–H groups in total. The number of nitrogens with zero attached hydrogens (tertiary/aromatic N) is 1. The van der Waals surface area contributed by atoms with Gasteiger partial charge in [0.1, 0.15) is 0 Å². The van der Waals surface area contributed by atoms with Crippen molar-refractivity contribution in [3.05, 3.63) is 0 Å². The number of halogens is 1. The van der Waals surface area contributed by atoms with Crippen LogP contribution < -0.4 is 5.73 Å². The first kappa shape index (κ1) is 7.95. The summed E-state index contributed by atoms with van der Waals surface area (Å²) < 4.78 is 11.6. The second-order valence-corrected chi connectivity index (χ2v) is 3.41. The molecule has 0 radical (unpaired) electrons. The van der Waals surface area contributed by atoms with Crippen molar-refractivity contribution in [3.8, 4) is 0 Å². The Hall–Kier alpha value is -0.150. The van der Waals surface area contributed by atoms with E-state index < -0.39 is 0 Å². The van der Waals surface area contributed by atoms with Gasteiger partial charge in [-0.25, -0.2) is 0 Å². The molecule has 0 aromatic rings. The van der Waals surface area contributed by atoms with Crippen LogP contribution in [0.25, 0.3) is 0 Å². The summed E-state index contributed by atoms with van der Waals surface area (Å²) in [4.78, 5) is 2.18. The molecule has 2 nitrogen and oxygen atoms in total. The van der Waals surface area contributed by atoms with Crippen LogP contribution in [-0.4, -0.2) is 36.7 Å². The van der Waals surface area contributed by atoms with Crippen LogP contribution in [0.4, 0.5) is 4.39 Å². The molecule has 0 atom stereocenters. The SMILES string of the molecule is CC1(N)CN(CCCF)C1. The van der Waals surface area contributed by atoms with Gasteiger partial charge in [-0.15, -0.1) is 0 Å². The standard InChI is InChI=1S/C7H15FN2/c1-7(9)5-10(6-7)4-2-3-8/h2-6,9H2,1H3.